The highest BCUT2D eigenvalue weighted by molar-refractivity contribution is 9.10. The van der Waals surface area contributed by atoms with E-state index in [1.807, 2.05) is 7.11 Å². The van der Waals surface area contributed by atoms with Gasteiger partial charge in [-0.15, -0.1) is 0 Å². The van der Waals surface area contributed by atoms with Crippen LogP contribution in [0.25, 0.3) is 0 Å². The molecule has 5 fully saturated rings. The molecule has 3 unspecified atom stereocenters. The molecule has 9 rings (SSSR count). The van der Waals surface area contributed by atoms with Crippen LogP contribution >= 0.6 is 15.9 Å². The molecule has 0 radical (unpaired) electrons. The fraction of sp³-hybridized carbons (Fsp3) is 0.613. The fourth-order valence-corrected chi connectivity index (χ4v) is 10.0. The first-order valence-corrected chi connectivity index (χ1v) is 14.8. The lowest BCUT2D eigenvalue weighted by Crippen LogP contribution is -2.81. The minimum Gasteiger partial charge on any atom is -0.485 e. The van der Waals surface area contributed by atoms with Gasteiger partial charge in [-0.25, -0.2) is 0 Å². The van der Waals surface area contributed by atoms with E-state index in [2.05, 4.69) is 63.3 Å². The van der Waals surface area contributed by atoms with Gasteiger partial charge in [-0.3, -0.25) is 4.90 Å². The minimum atomic E-state index is -0.297. The van der Waals surface area contributed by atoms with E-state index in [0.717, 1.165) is 35.6 Å². The summed E-state index contributed by atoms with van der Waals surface area (Å²) < 4.78 is 21.3. The van der Waals surface area contributed by atoms with Gasteiger partial charge in [0.15, 0.2) is 0 Å². The van der Waals surface area contributed by atoms with E-state index in [-0.39, 0.29) is 22.5 Å². The van der Waals surface area contributed by atoms with E-state index in [4.69, 9.17) is 14.2 Å². The monoisotopic (exact) mass is 549 g/mol. The average molecular weight is 551 g/mol. The number of benzene rings is 2. The van der Waals surface area contributed by atoms with E-state index in [1.165, 1.54) is 61.9 Å². The first-order valence-electron chi connectivity index (χ1n) is 14.0. The Morgan fingerprint density at radius 3 is 2.75 bits per heavy atom. The van der Waals surface area contributed by atoms with Gasteiger partial charge in [-0.05, 0) is 90.5 Å². The van der Waals surface area contributed by atoms with Crippen molar-refractivity contribution in [3.05, 3.63) is 63.6 Å². The summed E-state index contributed by atoms with van der Waals surface area (Å²) in [5, 5.41) is 0. The molecule has 36 heavy (non-hydrogen) atoms. The van der Waals surface area contributed by atoms with Crippen LogP contribution in [0.2, 0.25) is 0 Å². The van der Waals surface area contributed by atoms with Crippen molar-refractivity contribution in [3.63, 3.8) is 0 Å². The molecule has 0 N–H and O–H groups in total. The first kappa shape index (κ1) is 22.6. The Labute approximate surface area is 222 Å². The van der Waals surface area contributed by atoms with Crippen molar-refractivity contribution in [2.24, 2.45) is 17.3 Å². The van der Waals surface area contributed by atoms with E-state index < -0.39 is 0 Å². The Hall–Kier alpha value is -1.40. The number of fused-ring (bicyclic) bond motifs is 2. The Bertz CT molecular complexity index is 1200. The third kappa shape index (κ3) is 2.76. The SMILES string of the molecule is COC12CCC3(C[C@@H]1COCc1ccccc1)[C@H]1Cc4ccc(Br)c5c4C3(CCN1CC1CC1)[C@H]2O5. The van der Waals surface area contributed by atoms with Crippen molar-refractivity contribution < 1.29 is 14.2 Å². The number of likely N-dealkylation sites (tertiary alicyclic amines) is 1. The molecule has 7 aliphatic rings. The molecule has 1 saturated heterocycles. The molecule has 2 aromatic rings. The molecule has 2 heterocycles. The van der Waals surface area contributed by atoms with Gasteiger partial charge in [0.2, 0.25) is 0 Å². The third-order valence-corrected chi connectivity index (χ3v) is 11.8. The quantitative estimate of drug-likeness (QED) is 0.430. The summed E-state index contributed by atoms with van der Waals surface area (Å²) in [6.07, 6.45) is 8.77. The van der Waals surface area contributed by atoms with Gasteiger partial charge in [0.1, 0.15) is 17.5 Å². The maximum absolute atomic E-state index is 7.11. The van der Waals surface area contributed by atoms with Crippen LogP contribution in [-0.4, -0.2) is 49.5 Å². The number of piperidine rings is 1. The van der Waals surface area contributed by atoms with Crippen LogP contribution in [0.15, 0.2) is 46.9 Å². The predicted octanol–water partition coefficient (Wildman–Crippen LogP) is 5.89. The van der Waals surface area contributed by atoms with Gasteiger partial charge in [-0.1, -0.05) is 36.4 Å². The number of hydrogen-bond acceptors (Lipinski definition) is 4. The van der Waals surface area contributed by atoms with Crippen molar-refractivity contribution in [1.29, 1.82) is 0 Å². The maximum Gasteiger partial charge on any atom is 0.138 e. The summed E-state index contributed by atoms with van der Waals surface area (Å²) in [6, 6.07) is 15.8. The highest BCUT2D eigenvalue weighted by Crippen LogP contribution is 2.76. The van der Waals surface area contributed by atoms with Gasteiger partial charge < -0.3 is 14.2 Å². The summed E-state index contributed by atoms with van der Waals surface area (Å²) in [5.41, 5.74) is 4.31. The molecule has 4 saturated carbocycles. The zero-order valence-corrected chi connectivity index (χ0v) is 22.8. The molecule has 2 aliphatic heterocycles. The zero-order chi connectivity index (χ0) is 24.1. The number of rotatable bonds is 7. The third-order valence-electron chi connectivity index (χ3n) is 11.2. The smallest absolute Gasteiger partial charge is 0.138 e. The summed E-state index contributed by atoms with van der Waals surface area (Å²) in [5.74, 6) is 2.38. The standard InChI is InChI=1S/C31H36BrNO3/c1-34-31-12-11-29(16-23(31)19-35-18-21-5-3-2-4-6-21)25-15-22-9-10-24(32)27-26(22)30(29,28(31)36-27)13-14-33(25)17-20-7-8-20/h2-6,9-10,20,23,25,28H,7-8,11-19H2,1H3/t23-,25-,28-,29?,30?,31?/m1/s1. The zero-order valence-electron chi connectivity index (χ0n) is 21.2. The Morgan fingerprint density at radius 2 is 1.94 bits per heavy atom. The second-order valence-electron chi connectivity index (χ2n) is 12.5. The molecule has 5 aliphatic carbocycles. The van der Waals surface area contributed by atoms with Gasteiger partial charge in [0.05, 0.1) is 17.7 Å². The van der Waals surface area contributed by atoms with E-state index >= 15 is 0 Å². The van der Waals surface area contributed by atoms with Crippen LogP contribution in [0.5, 0.6) is 5.75 Å². The molecule has 4 nitrogen and oxygen atoms in total. The summed E-state index contributed by atoms with van der Waals surface area (Å²) in [4.78, 5) is 2.91. The minimum absolute atomic E-state index is 0.0641. The highest BCUT2D eigenvalue weighted by Gasteiger charge is 2.80. The first-order chi connectivity index (χ1) is 17.6. The summed E-state index contributed by atoms with van der Waals surface area (Å²) in [6.45, 7) is 3.88. The van der Waals surface area contributed by atoms with Crippen LogP contribution in [0.4, 0.5) is 0 Å². The number of methoxy groups -OCH3 is 1. The van der Waals surface area contributed by atoms with Crippen molar-refractivity contribution in [2.45, 2.75) is 74.7 Å². The van der Waals surface area contributed by atoms with Crippen LogP contribution in [0, 0.1) is 17.3 Å². The van der Waals surface area contributed by atoms with Gasteiger partial charge in [0.25, 0.3) is 0 Å². The van der Waals surface area contributed by atoms with Crippen LogP contribution in [-0.2, 0) is 27.9 Å². The Kier molecular flexibility index (Phi) is 4.90. The number of ether oxygens (including phenoxy) is 3. The van der Waals surface area contributed by atoms with Crippen molar-refractivity contribution in [3.8, 4) is 5.75 Å². The van der Waals surface area contributed by atoms with E-state index in [0.29, 0.717) is 18.6 Å². The second-order valence-corrected chi connectivity index (χ2v) is 13.4. The lowest BCUT2D eigenvalue weighted by molar-refractivity contribution is -0.283. The van der Waals surface area contributed by atoms with E-state index in [1.54, 1.807) is 0 Å². The number of nitrogens with zero attached hydrogens (tertiary/aromatic N) is 1. The van der Waals surface area contributed by atoms with Crippen molar-refractivity contribution in [2.75, 3.05) is 26.8 Å². The molecule has 2 spiro atoms. The second kappa shape index (κ2) is 7.81. The average Bonchev–Trinajstić information content (AvgIpc) is 3.64. The Balaban J connectivity index is 1.22. The van der Waals surface area contributed by atoms with Crippen LogP contribution < -0.4 is 4.74 Å². The molecule has 0 aromatic heterocycles. The predicted molar refractivity (Wildman–Crippen MR) is 142 cm³/mol. The summed E-state index contributed by atoms with van der Waals surface area (Å²) in [7, 11) is 1.93. The normalized spacial score (nSPS) is 39.7. The summed E-state index contributed by atoms with van der Waals surface area (Å²) >= 11 is 3.88. The van der Waals surface area contributed by atoms with Gasteiger partial charge in [-0.2, -0.15) is 0 Å². The largest absolute Gasteiger partial charge is 0.485 e. The molecule has 4 bridgehead atoms. The van der Waals surface area contributed by atoms with Crippen molar-refractivity contribution in [1.82, 2.24) is 4.90 Å². The van der Waals surface area contributed by atoms with Gasteiger partial charge >= 0.3 is 0 Å². The van der Waals surface area contributed by atoms with Gasteiger partial charge in [0, 0.05) is 42.0 Å². The lowest BCUT2D eigenvalue weighted by Gasteiger charge is -2.74. The highest BCUT2D eigenvalue weighted by atomic mass is 79.9. The van der Waals surface area contributed by atoms with Crippen LogP contribution in [0.1, 0.15) is 55.2 Å². The molecular formula is C31H36BrNO3. The maximum atomic E-state index is 7.11. The molecule has 0 amide bonds. The molecular weight excluding hydrogens is 514 g/mol. The fourth-order valence-electron chi connectivity index (χ4n) is 9.62. The molecule has 2 aromatic carbocycles. The molecule has 190 valence electrons. The Morgan fingerprint density at radius 1 is 1.08 bits per heavy atom. The van der Waals surface area contributed by atoms with Crippen LogP contribution in [0.3, 0.4) is 0 Å². The lowest BCUT2D eigenvalue weighted by atomic mass is 9.35. The number of hydrogen-bond donors (Lipinski definition) is 0. The molecule has 5 heteroatoms. The topological polar surface area (TPSA) is 30.9 Å². The van der Waals surface area contributed by atoms with Crippen molar-refractivity contribution >= 4 is 15.9 Å². The molecule has 6 atom stereocenters. The van der Waals surface area contributed by atoms with E-state index in [9.17, 15) is 0 Å². The number of halogens is 1.